The molecule has 0 saturated carbocycles. The standard InChI is InChI=1S/C6H5Br.6ClH.H3N.Sb/c7-6-4-2-1-3-5-6;;;;;;;;/h1-5H;6*1H;1H3;/q;;;;;;;;+5/p-5. The Labute approximate surface area is 117 Å². The third-order valence-electron chi connectivity index (χ3n) is 0.733. The number of quaternary nitrogens is 1. The molecule has 4 N–H and O–H groups in total. The van der Waals surface area contributed by atoms with Crippen molar-refractivity contribution in [3.05, 3.63) is 34.8 Å². The predicted molar refractivity (Wildman–Crippen MR) is 81.0 cm³/mol. The molecule has 0 spiro atoms. The Balaban J connectivity index is 0. The van der Waals surface area contributed by atoms with Gasteiger partial charge in [0.15, 0.2) is 0 Å². The molecule has 0 amide bonds. The summed E-state index contributed by atoms with van der Waals surface area (Å²) in [5.41, 5.74) is 0. The molecule has 9 heteroatoms. The molecule has 0 radical (unpaired) electrons. The van der Waals surface area contributed by atoms with Gasteiger partial charge in [-0.3, -0.25) is 0 Å². The zero-order valence-electron chi connectivity index (χ0n) is 7.48. The second-order valence-electron chi connectivity index (χ2n) is 2.25. The van der Waals surface area contributed by atoms with Crippen molar-refractivity contribution in [3.63, 3.8) is 0 Å². The summed E-state index contributed by atoms with van der Waals surface area (Å²) in [6.07, 6.45) is 0. The van der Waals surface area contributed by atoms with Crippen molar-refractivity contribution in [2.45, 2.75) is 0 Å². The first-order valence-electron chi connectivity index (χ1n) is 3.11. The number of halogens is 7. The summed E-state index contributed by atoms with van der Waals surface area (Å²) in [6, 6.07) is 9.97. The first kappa shape index (κ1) is 19.6. The molecule has 1 aromatic rings. The fourth-order valence-corrected chi connectivity index (χ4v) is 0.720. The van der Waals surface area contributed by atoms with E-state index >= 15 is 0 Å². The van der Waals surface area contributed by atoms with Crippen LogP contribution in [0.25, 0.3) is 0 Å². The van der Waals surface area contributed by atoms with Gasteiger partial charge in [-0.25, -0.2) is 0 Å². The molecule has 0 heterocycles. The van der Waals surface area contributed by atoms with Crippen LogP contribution >= 0.6 is 68.9 Å². The quantitative estimate of drug-likeness (QED) is 0.384. The number of hydrogen-bond acceptors (Lipinski definition) is 0. The third kappa shape index (κ3) is 31.4. The van der Waals surface area contributed by atoms with Crippen LogP contribution in [0.4, 0.5) is 0 Å². The molecule has 1 nitrogen and oxygen atoms in total. The second kappa shape index (κ2) is 5.91. The van der Waals surface area contributed by atoms with E-state index in [9.17, 15) is 0 Å². The van der Waals surface area contributed by atoms with E-state index in [4.69, 9.17) is 53.0 Å². The summed E-state index contributed by atoms with van der Waals surface area (Å²) in [5.74, 6) is 0. The Morgan fingerprint density at radius 3 is 1.20 bits per heavy atom. The van der Waals surface area contributed by atoms with Crippen LogP contribution in [0.2, 0.25) is 0 Å². The fraction of sp³-hybridized carbons (Fsp3) is 0. The summed E-state index contributed by atoms with van der Waals surface area (Å²) >= 11 is 3.31. The molecule has 1 rings (SSSR count). The van der Waals surface area contributed by atoms with Crippen molar-refractivity contribution >= 4 is 78.0 Å². The van der Waals surface area contributed by atoms with Gasteiger partial charge in [0.2, 0.25) is 0 Å². The molecule has 1 aromatic carbocycles. The maximum absolute atomic E-state index is 5.42. The monoisotopic (exact) mass is 505 g/mol. The van der Waals surface area contributed by atoms with E-state index in [2.05, 4.69) is 15.9 Å². The van der Waals surface area contributed by atoms with Gasteiger partial charge in [0.25, 0.3) is 0 Å². The van der Waals surface area contributed by atoms with Crippen LogP contribution in [-0.4, -0.2) is 9.14 Å². The Morgan fingerprint density at radius 1 is 0.800 bits per heavy atom. The van der Waals surface area contributed by atoms with E-state index in [0.29, 0.717) is 0 Å². The van der Waals surface area contributed by atoms with Crippen LogP contribution in [0, 0.1) is 0 Å². The normalized spacial score (nSPS) is 14.9. The van der Waals surface area contributed by atoms with Crippen LogP contribution in [-0.2, 0) is 0 Å². The van der Waals surface area contributed by atoms with Gasteiger partial charge in [-0.05, 0) is 12.1 Å². The summed E-state index contributed by atoms with van der Waals surface area (Å²) < 4.78 is 1.13. The molecule has 0 saturated heterocycles. The molecule has 0 fully saturated rings. The van der Waals surface area contributed by atoms with E-state index in [1.807, 2.05) is 30.3 Å². The van der Waals surface area contributed by atoms with E-state index in [-0.39, 0.29) is 6.15 Å². The van der Waals surface area contributed by atoms with Gasteiger partial charge in [0.1, 0.15) is 0 Å². The second-order valence-corrected chi connectivity index (χ2v) is 60.1. The van der Waals surface area contributed by atoms with Crippen molar-refractivity contribution in [1.29, 1.82) is 0 Å². The molecule has 0 aromatic heterocycles. The minimum Gasteiger partial charge on any atom is -0.369 e. The largest absolute Gasteiger partial charge is 0.369 e. The van der Waals surface area contributed by atoms with E-state index in [0.717, 1.165) is 4.47 Å². The van der Waals surface area contributed by atoms with Crippen molar-refractivity contribution in [2.24, 2.45) is 0 Å². The molecule has 0 atom stereocenters. The van der Waals surface area contributed by atoms with E-state index in [1.54, 1.807) is 0 Å². The fourth-order valence-electron chi connectivity index (χ4n) is 0.415. The first-order valence-corrected chi connectivity index (χ1v) is 23.3. The Hall–Kier alpha value is 2.22. The SMILES string of the molecule is Brc1ccccc1.[Cl][Sb-]([Cl])([Cl])([Cl])([Cl])[Cl].[NH4+]. The van der Waals surface area contributed by atoms with Crippen molar-refractivity contribution < 1.29 is 0 Å². The molecule has 0 aliphatic heterocycles. The molecular weight excluding hydrogens is 500 g/mol. The topological polar surface area (TPSA) is 36.5 Å². The number of rotatable bonds is 0. The van der Waals surface area contributed by atoms with Crippen LogP contribution in [0.3, 0.4) is 0 Å². The van der Waals surface area contributed by atoms with Crippen LogP contribution in [0.15, 0.2) is 34.8 Å². The van der Waals surface area contributed by atoms with Gasteiger partial charge < -0.3 is 6.15 Å². The van der Waals surface area contributed by atoms with Gasteiger partial charge in [-0.1, -0.05) is 34.1 Å². The van der Waals surface area contributed by atoms with Crippen molar-refractivity contribution in [3.8, 4) is 0 Å². The van der Waals surface area contributed by atoms with Gasteiger partial charge >= 0.3 is 62.1 Å². The Morgan fingerprint density at radius 2 is 1.07 bits per heavy atom. The molecular formula is C6H9BrCl6NSb. The average molecular weight is 510 g/mol. The van der Waals surface area contributed by atoms with Gasteiger partial charge in [0.05, 0.1) is 0 Å². The summed E-state index contributed by atoms with van der Waals surface area (Å²) in [7, 11) is 25.0. The van der Waals surface area contributed by atoms with E-state index in [1.165, 1.54) is 0 Å². The van der Waals surface area contributed by atoms with Crippen molar-refractivity contribution in [1.82, 2.24) is 6.15 Å². The van der Waals surface area contributed by atoms with Gasteiger partial charge in [-0.15, -0.1) is 0 Å². The molecule has 0 aliphatic rings. The molecule has 0 aliphatic carbocycles. The van der Waals surface area contributed by atoms with Gasteiger partial charge in [0, 0.05) is 4.47 Å². The van der Waals surface area contributed by atoms with Crippen molar-refractivity contribution in [2.75, 3.05) is 0 Å². The minimum atomic E-state index is -5.42. The van der Waals surface area contributed by atoms with Crippen LogP contribution in [0.5, 0.6) is 0 Å². The molecule has 92 valence electrons. The zero-order chi connectivity index (χ0) is 11.5. The Kier molecular flexibility index (Phi) is 7.70. The molecule has 0 bridgehead atoms. The maximum atomic E-state index is 5.06. The zero-order valence-corrected chi connectivity index (χ0v) is 16.2. The third-order valence-corrected chi connectivity index (χ3v) is 1.26. The van der Waals surface area contributed by atoms with E-state index < -0.39 is 9.14 Å². The smallest absolute Gasteiger partial charge is 0.369 e. The first-order chi connectivity index (χ1) is 5.84. The summed E-state index contributed by atoms with van der Waals surface area (Å²) in [5, 5.41) is 0. The predicted octanol–water partition coefficient (Wildman–Crippen LogP) is 6.58. The maximum Gasteiger partial charge on any atom is -0.369 e. The van der Waals surface area contributed by atoms with Gasteiger partial charge in [-0.2, -0.15) is 0 Å². The molecule has 15 heavy (non-hydrogen) atoms. The van der Waals surface area contributed by atoms with Crippen LogP contribution in [0.1, 0.15) is 0 Å². The Bertz CT molecular complexity index is 283. The average Bonchev–Trinajstić information content (AvgIpc) is 1.81. The minimum absolute atomic E-state index is 0. The summed E-state index contributed by atoms with van der Waals surface area (Å²) in [4.78, 5) is 0. The molecule has 0 unspecified atom stereocenters. The number of benzene rings is 1. The summed E-state index contributed by atoms with van der Waals surface area (Å²) in [6.45, 7) is 0. The van der Waals surface area contributed by atoms with Crippen LogP contribution < -0.4 is 6.15 Å². The number of hydrogen-bond donors (Lipinski definition) is 1.